The van der Waals surface area contributed by atoms with E-state index in [1.54, 1.807) is 19.2 Å². The minimum absolute atomic E-state index is 0.458. The van der Waals surface area contributed by atoms with Crippen LogP contribution >= 0.6 is 0 Å². The van der Waals surface area contributed by atoms with Gasteiger partial charge in [-0.1, -0.05) is 0 Å². The average molecular weight is 153 g/mol. The Morgan fingerprint density at radius 3 is 2.91 bits per heavy atom. The summed E-state index contributed by atoms with van der Waals surface area (Å²) in [6.07, 6.45) is 1.03. The Labute approximate surface area is 65.3 Å². The molecule has 4 nitrogen and oxygen atoms in total. The fraction of sp³-hybridized carbons (Fsp3) is 0.429. The van der Waals surface area contributed by atoms with Gasteiger partial charge in [0.05, 0.1) is 0 Å². The van der Waals surface area contributed by atoms with Crippen molar-refractivity contribution in [3.8, 4) is 0 Å². The third-order valence-electron chi connectivity index (χ3n) is 1.13. The number of aliphatic hydroxyl groups is 1. The zero-order chi connectivity index (χ0) is 8.27. The highest BCUT2D eigenvalue weighted by atomic mass is 16.3. The largest absolute Gasteiger partial charge is 0.374 e. The summed E-state index contributed by atoms with van der Waals surface area (Å²) >= 11 is 0. The zero-order valence-electron chi connectivity index (χ0n) is 6.57. The van der Waals surface area contributed by atoms with Crippen LogP contribution in [0.15, 0.2) is 12.3 Å². The van der Waals surface area contributed by atoms with Gasteiger partial charge in [0.15, 0.2) is 0 Å². The lowest BCUT2D eigenvalue weighted by molar-refractivity contribution is 0.223. The number of anilines is 1. The summed E-state index contributed by atoms with van der Waals surface area (Å²) in [6, 6.07) is 1.80. The molecule has 0 fully saturated rings. The minimum Gasteiger partial charge on any atom is -0.374 e. The van der Waals surface area contributed by atoms with Crippen LogP contribution in [0.5, 0.6) is 0 Å². The highest BCUT2D eigenvalue weighted by molar-refractivity contribution is 5.24. The Kier molecular flexibility index (Phi) is 2.38. The van der Waals surface area contributed by atoms with Crippen molar-refractivity contribution in [1.82, 2.24) is 9.97 Å². The van der Waals surface area contributed by atoms with E-state index in [9.17, 15) is 0 Å². The van der Waals surface area contributed by atoms with E-state index in [-0.39, 0.29) is 0 Å². The standard InChI is InChI=1S/C7H11N3O/c1-5-3-4-8-7(9-5)10-6(2)11/h3-4,6,11H,1-2H3,(H,8,9,10). The molecule has 0 amide bonds. The smallest absolute Gasteiger partial charge is 0.224 e. The topological polar surface area (TPSA) is 58.0 Å². The lowest BCUT2D eigenvalue weighted by atomic mass is 10.5. The molecular weight excluding hydrogens is 142 g/mol. The van der Waals surface area contributed by atoms with E-state index in [4.69, 9.17) is 5.11 Å². The molecule has 0 saturated heterocycles. The van der Waals surface area contributed by atoms with E-state index in [0.717, 1.165) is 5.69 Å². The summed E-state index contributed by atoms with van der Waals surface area (Å²) < 4.78 is 0. The molecule has 0 aliphatic carbocycles. The van der Waals surface area contributed by atoms with Crippen LogP contribution in [0.2, 0.25) is 0 Å². The first-order valence-corrected chi connectivity index (χ1v) is 3.43. The van der Waals surface area contributed by atoms with Crippen molar-refractivity contribution in [3.63, 3.8) is 0 Å². The molecule has 0 bridgehead atoms. The Hall–Kier alpha value is -1.16. The van der Waals surface area contributed by atoms with Gasteiger partial charge in [0.25, 0.3) is 0 Å². The maximum Gasteiger partial charge on any atom is 0.224 e. The first-order chi connectivity index (χ1) is 5.18. The number of aromatic nitrogens is 2. The normalized spacial score (nSPS) is 12.6. The lowest BCUT2D eigenvalue weighted by Crippen LogP contribution is -2.15. The fourth-order valence-electron chi connectivity index (χ4n) is 0.705. The van der Waals surface area contributed by atoms with Gasteiger partial charge in [-0.25, -0.2) is 9.97 Å². The summed E-state index contributed by atoms with van der Waals surface area (Å²) in [7, 11) is 0. The second-order valence-electron chi connectivity index (χ2n) is 2.34. The molecule has 1 unspecified atom stereocenters. The number of aliphatic hydroxyl groups excluding tert-OH is 1. The van der Waals surface area contributed by atoms with Crippen molar-refractivity contribution in [1.29, 1.82) is 0 Å². The zero-order valence-corrected chi connectivity index (χ0v) is 6.57. The van der Waals surface area contributed by atoms with Crippen LogP contribution in [0.3, 0.4) is 0 Å². The average Bonchev–Trinajstić information content (AvgIpc) is 1.85. The van der Waals surface area contributed by atoms with Crippen molar-refractivity contribution in [2.45, 2.75) is 20.1 Å². The molecule has 60 valence electrons. The van der Waals surface area contributed by atoms with Gasteiger partial charge in [-0.3, -0.25) is 0 Å². The van der Waals surface area contributed by atoms with Crippen LogP contribution in [0.1, 0.15) is 12.6 Å². The highest BCUT2D eigenvalue weighted by Gasteiger charge is 1.97. The number of nitrogens with one attached hydrogen (secondary N) is 1. The first kappa shape index (κ1) is 7.94. The van der Waals surface area contributed by atoms with E-state index in [2.05, 4.69) is 15.3 Å². The number of nitrogens with zero attached hydrogens (tertiary/aromatic N) is 2. The Morgan fingerprint density at radius 1 is 1.64 bits per heavy atom. The summed E-state index contributed by atoms with van der Waals surface area (Å²) in [5.74, 6) is 0.458. The number of rotatable bonds is 2. The molecule has 1 heterocycles. The monoisotopic (exact) mass is 153 g/mol. The predicted octanol–water partition coefficient (Wildman–Crippen LogP) is 0.535. The van der Waals surface area contributed by atoms with E-state index in [1.165, 1.54) is 0 Å². The second-order valence-corrected chi connectivity index (χ2v) is 2.34. The third-order valence-corrected chi connectivity index (χ3v) is 1.13. The molecule has 0 aliphatic rings. The molecule has 1 aromatic rings. The van der Waals surface area contributed by atoms with Crippen LogP contribution in [0.4, 0.5) is 5.95 Å². The Bertz CT molecular complexity index is 237. The molecule has 4 heteroatoms. The molecule has 1 atom stereocenters. The van der Waals surface area contributed by atoms with E-state index < -0.39 is 6.23 Å². The second kappa shape index (κ2) is 3.30. The van der Waals surface area contributed by atoms with Gasteiger partial charge in [0.2, 0.25) is 5.95 Å². The molecule has 1 aromatic heterocycles. The van der Waals surface area contributed by atoms with Gasteiger partial charge in [-0.2, -0.15) is 0 Å². The minimum atomic E-state index is -0.614. The molecule has 0 saturated carbocycles. The summed E-state index contributed by atoms with van der Waals surface area (Å²) in [5.41, 5.74) is 0.878. The van der Waals surface area contributed by atoms with Gasteiger partial charge in [-0.05, 0) is 19.9 Å². The number of hydrogen-bond acceptors (Lipinski definition) is 4. The molecule has 0 radical (unpaired) electrons. The molecule has 2 N–H and O–H groups in total. The van der Waals surface area contributed by atoms with E-state index >= 15 is 0 Å². The highest BCUT2D eigenvalue weighted by Crippen LogP contribution is 1.99. The quantitative estimate of drug-likeness (QED) is 0.609. The van der Waals surface area contributed by atoms with Gasteiger partial charge in [0.1, 0.15) is 6.23 Å². The molecule has 0 spiro atoms. The van der Waals surface area contributed by atoms with E-state index in [0.29, 0.717) is 5.95 Å². The summed E-state index contributed by atoms with van der Waals surface area (Å²) in [4.78, 5) is 7.93. The lowest BCUT2D eigenvalue weighted by Gasteiger charge is -2.06. The van der Waals surface area contributed by atoms with Crippen LogP contribution in [0, 0.1) is 6.92 Å². The van der Waals surface area contributed by atoms with Gasteiger partial charge >= 0.3 is 0 Å². The van der Waals surface area contributed by atoms with Crippen molar-refractivity contribution in [2.24, 2.45) is 0 Å². The molecule has 0 aromatic carbocycles. The maximum absolute atomic E-state index is 8.91. The fourth-order valence-corrected chi connectivity index (χ4v) is 0.705. The molecular formula is C7H11N3O. The van der Waals surface area contributed by atoms with Crippen molar-refractivity contribution >= 4 is 5.95 Å². The van der Waals surface area contributed by atoms with Crippen LogP contribution < -0.4 is 5.32 Å². The van der Waals surface area contributed by atoms with Crippen LogP contribution in [-0.2, 0) is 0 Å². The third kappa shape index (κ3) is 2.51. The number of aryl methyl sites for hydroxylation is 1. The summed E-state index contributed by atoms with van der Waals surface area (Å²) in [6.45, 7) is 3.49. The van der Waals surface area contributed by atoms with Crippen molar-refractivity contribution < 1.29 is 5.11 Å². The SMILES string of the molecule is Cc1ccnc(NC(C)O)n1. The van der Waals surface area contributed by atoms with Gasteiger partial charge in [-0.15, -0.1) is 0 Å². The van der Waals surface area contributed by atoms with Crippen molar-refractivity contribution in [2.75, 3.05) is 5.32 Å². The Balaban J connectivity index is 2.71. The maximum atomic E-state index is 8.91. The molecule has 11 heavy (non-hydrogen) atoms. The predicted molar refractivity (Wildman–Crippen MR) is 42.1 cm³/mol. The Morgan fingerprint density at radius 2 is 2.36 bits per heavy atom. The number of hydrogen-bond donors (Lipinski definition) is 2. The molecule has 0 aliphatic heterocycles. The van der Waals surface area contributed by atoms with Gasteiger partial charge in [0, 0.05) is 11.9 Å². The summed E-state index contributed by atoms with van der Waals surface area (Å²) in [5, 5.41) is 11.6. The van der Waals surface area contributed by atoms with E-state index in [1.807, 2.05) is 6.92 Å². The van der Waals surface area contributed by atoms with Crippen LogP contribution in [-0.4, -0.2) is 21.3 Å². The van der Waals surface area contributed by atoms with Crippen LogP contribution in [0.25, 0.3) is 0 Å². The first-order valence-electron chi connectivity index (χ1n) is 3.43. The van der Waals surface area contributed by atoms with Crippen molar-refractivity contribution in [3.05, 3.63) is 18.0 Å². The van der Waals surface area contributed by atoms with Gasteiger partial charge < -0.3 is 10.4 Å². The molecule has 1 rings (SSSR count).